The standard InChI is InChI=1S/C20H25N3O4/c1-3-5-12-23-19(24)11-10-16(21-23)20(25)22(4-2)13-15-14-26-17-8-6-7-9-18(17)27-15/h6-11,15H,3-5,12-14H2,1-2H3. The van der Waals surface area contributed by atoms with E-state index < -0.39 is 0 Å². The van der Waals surface area contributed by atoms with E-state index in [1.165, 1.54) is 16.8 Å². The van der Waals surface area contributed by atoms with Gasteiger partial charge in [-0.05, 0) is 31.5 Å². The molecule has 7 heteroatoms. The second-order valence-electron chi connectivity index (χ2n) is 6.47. The van der Waals surface area contributed by atoms with Crippen molar-refractivity contribution in [3.63, 3.8) is 0 Å². The number of fused-ring (bicyclic) bond motifs is 1. The van der Waals surface area contributed by atoms with Gasteiger partial charge in [0.25, 0.3) is 11.5 Å². The van der Waals surface area contributed by atoms with Crippen molar-refractivity contribution in [2.24, 2.45) is 0 Å². The van der Waals surface area contributed by atoms with E-state index in [9.17, 15) is 9.59 Å². The van der Waals surface area contributed by atoms with Crippen LogP contribution in [0.4, 0.5) is 0 Å². The molecule has 1 amide bonds. The minimum absolute atomic E-state index is 0.191. The van der Waals surface area contributed by atoms with Crippen molar-refractivity contribution in [1.29, 1.82) is 0 Å². The summed E-state index contributed by atoms with van der Waals surface area (Å²) in [4.78, 5) is 26.5. The number of ether oxygens (including phenoxy) is 2. The van der Waals surface area contributed by atoms with Crippen molar-refractivity contribution >= 4 is 5.91 Å². The van der Waals surface area contributed by atoms with Gasteiger partial charge in [0.2, 0.25) is 0 Å². The Balaban J connectivity index is 1.70. The molecule has 27 heavy (non-hydrogen) atoms. The number of aryl methyl sites for hydroxylation is 1. The smallest absolute Gasteiger partial charge is 0.274 e. The molecule has 1 atom stereocenters. The summed E-state index contributed by atoms with van der Waals surface area (Å²) >= 11 is 0. The fraction of sp³-hybridized carbons (Fsp3) is 0.450. The van der Waals surface area contributed by atoms with Crippen molar-refractivity contribution in [3.8, 4) is 11.5 Å². The largest absolute Gasteiger partial charge is 0.486 e. The first-order valence-electron chi connectivity index (χ1n) is 9.38. The maximum absolute atomic E-state index is 12.9. The molecule has 1 aliphatic rings. The SMILES string of the molecule is CCCCn1nc(C(=O)N(CC)CC2COc3ccccc3O2)ccc1=O. The molecule has 7 nitrogen and oxygen atoms in total. The van der Waals surface area contributed by atoms with Crippen molar-refractivity contribution in [2.75, 3.05) is 19.7 Å². The number of unbranched alkanes of at least 4 members (excludes halogenated alkanes) is 1. The Hall–Kier alpha value is -2.83. The predicted molar refractivity (Wildman–Crippen MR) is 101 cm³/mol. The highest BCUT2D eigenvalue weighted by Crippen LogP contribution is 2.31. The van der Waals surface area contributed by atoms with Gasteiger partial charge in [0.05, 0.1) is 6.54 Å². The summed E-state index contributed by atoms with van der Waals surface area (Å²) in [6, 6.07) is 10.4. The van der Waals surface area contributed by atoms with Gasteiger partial charge in [-0.25, -0.2) is 4.68 Å². The lowest BCUT2D eigenvalue weighted by molar-refractivity contribution is 0.0469. The van der Waals surface area contributed by atoms with Gasteiger partial charge >= 0.3 is 0 Å². The fourth-order valence-electron chi connectivity index (χ4n) is 2.95. The van der Waals surface area contributed by atoms with Crippen LogP contribution in [-0.2, 0) is 6.54 Å². The molecule has 0 spiro atoms. The van der Waals surface area contributed by atoms with Gasteiger partial charge in [0, 0.05) is 19.2 Å². The van der Waals surface area contributed by atoms with E-state index in [1.807, 2.05) is 38.1 Å². The number of aromatic nitrogens is 2. The zero-order valence-corrected chi connectivity index (χ0v) is 15.8. The highest BCUT2D eigenvalue weighted by Gasteiger charge is 2.26. The molecule has 1 aliphatic heterocycles. The van der Waals surface area contributed by atoms with Gasteiger partial charge < -0.3 is 14.4 Å². The van der Waals surface area contributed by atoms with Gasteiger partial charge in [0.15, 0.2) is 17.6 Å². The van der Waals surface area contributed by atoms with E-state index in [4.69, 9.17) is 9.47 Å². The molecule has 0 aliphatic carbocycles. The topological polar surface area (TPSA) is 73.7 Å². The first-order chi connectivity index (χ1) is 13.1. The molecular formula is C20H25N3O4. The Morgan fingerprint density at radius 2 is 2.00 bits per heavy atom. The molecular weight excluding hydrogens is 346 g/mol. The number of rotatable bonds is 7. The Morgan fingerprint density at radius 3 is 2.74 bits per heavy atom. The quantitative estimate of drug-likeness (QED) is 0.747. The number of amides is 1. The van der Waals surface area contributed by atoms with Crippen LogP contribution in [0.15, 0.2) is 41.2 Å². The number of hydrogen-bond donors (Lipinski definition) is 0. The van der Waals surface area contributed by atoms with Crippen LogP contribution in [0.25, 0.3) is 0 Å². The molecule has 2 aromatic rings. The first kappa shape index (κ1) is 18.9. The summed E-state index contributed by atoms with van der Waals surface area (Å²) in [5.41, 5.74) is 0.0772. The van der Waals surface area contributed by atoms with Crippen LogP contribution in [0.3, 0.4) is 0 Å². The monoisotopic (exact) mass is 371 g/mol. The fourth-order valence-corrected chi connectivity index (χ4v) is 2.95. The average molecular weight is 371 g/mol. The Bertz CT molecular complexity index is 849. The Morgan fingerprint density at radius 1 is 1.22 bits per heavy atom. The van der Waals surface area contributed by atoms with Crippen molar-refractivity contribution in [1.82, 2.24) is 14.7 Å². The third-order valence-electron chi connectivity index (χ3n) is 4.47. The van der Waals surface area contributed by atoms with E-state index >= 15 is 0 Å². The summed E-state index contributed by atoms with van der Waals surface area (Å²) in [5, 5.41) is 4.25. The summed E-state index contributed by atoms with van der Waals surface area (Å²) in [6.07, 6.45) is 1.54. The molecule has 144 valence electrons. The second-order valence-corrected chi connectivity index (χ2v) is 6.47. The summed E-state index contributed by atoms with van der Waals surface area (Å²) in [5.74, 6) is 1.18. The van der Waals surface area contributed by atoms with Crippen LogP contribution in [0, 0.1) is 0 Å². The minimum Gasteiger partial charge on any atom is -0.486 e. The predicted octanol–water partition coefficient (Wildman–Crippen LogP) is 2.35. The number of hydrogen-bond acceptors (Lipinski definition) is 5. The highest BCUT2D eigenvalue weighted by atomic mass is 16.6. The maximum Gasteiger partial charge on any atom is 0.274 e. The van der Waals surface area contributed by atoms with Crippen LogP contribution >= 0.6 is 0 Å². The van der Waals surface area contributed by atoms with Crippen LogP contribution < -0.4 is 15.0 Å². The van der Waals surface area contributed by atoms with Crippen molar-refractivity contribution < 1.29 is 14.3 Å². The minimum atomic E-state index is -0.255. The van der Waals surface area contributed by atoms with E-state index in [1.54, 1.807) is 4.90 Å². The third-order valence-corrected chi connectivity index (χ3v) is 4.47. The van der Waals surface area contributed by atoms with Crippen LogP contribution in [0.1, 0.15) is 37.2 Å². The lowest BCUT2D eigenvalue weighted by Crippen LogP contribution is -2.44. The highest BCUT2D eigenvalue weighted by molar-refractivity contribution is 5.92. The summed E-state index contributed by atoms with van der Waals surface area (Å²) in [7, 11) is 0. The van der Waals surface area contributed by atoms with Crippen molar-refractivity contribution in [3.05, 3.63) is 52.4 Å². The molecule has 1 aromatic heterocycles. The van der Waals surface area contributed by atoms with Crippen LogP contribution in [0.2, 0.25) is 0 Å². The second kappa shape index (κ2) is 8.70. The lowest BCUT2D eigenvalue weighted by Gasteiger charge is -2.30. The van der Waals surface area contributed by atoms with E-state index in [0.717, 1.165) is 12.8 Å². The molecule has 1 aromatic carbocycles. The van der Waals surface area contributed by atoms with Gasteiger partial charge in [-0.2, -0.15) is 5.10 Å². The van der Waals surface area contributed by atoms with Crippen LogP contribution in [-0.4, -0.2) is 46.4 Å². The average Bonchev–Trinajstić information content (AvgIpc) is 2.70. The number of nitrogens with zero attached hydrogens (tertiary/aromatic N) is 3. The molecule has 0 saturated carbocycles. The summed E-state index contributed by atoms with van der Waals surface area (Å²) in [6.45, 7) is 5.74. The molecule has 3 rings (SSSR count). The Kier molecular flexibility index (Phi) is 6.11. The number of likely N-dealkylation sites (N-methyl/N-ethyl adjacent to an activating group) is 1. The molecule has 0 fully saturated rings. The van der Waals surface area contributed by atoms with Crippen molar-refractivity contribution in [2.45, 2.75) is 39.3 Å². The van der Waals surface area contributed by atoms with E-state index in [2.05, 4.69) is 5.10 Å². The number of carbonyl (C=O) groups excluding carboxylic acids is 1. The van der Waals surface area contributed by atoms with Gasteiger partial charge in [0.1, 0.15) is 12.3 Å². The molecule has 0 radical (unpaired) electrons. The molecule has 2 heterocycles. The molecule has 0 saturated heterocycles. The normalized spacial score (nSPS) is 15.4. The van der Waals surface area contributed by atoms with Gasteiger partial charge in [-0.1, -0.05) is 25.5 Å². The van der Waals surface area contributed by atoms with Gasteiger partial charge in [-0.15, -0.1) is 0 Å². The number of benzene rings is 1. The lowest BCUT2D eigenvalue weighted by atomic mass is 10.2. The van der Waals surface area contributed by atoms with E-state index in [-0.39, 0.29) is 23.3 Å². The Labute approximate surface area is 158 Å². The molecule has 0 N–H and O–H groups in total. The summed E-state index contributed by atoms with van der Waals surface area (Å²) < 4.78 is 13.0. The molecule has 0 bridgehead atoms. The third kappa shape index (κ3) is 4.48. The number of carbonyl (C=O) groups is 1. The maximum atomic E-state index is 12.9. The zero-order valence-electron chi connectivity index (χ0n) is 15.8. The van der Waals surface area contributed by atoms with Gasteiger partial charge in [-0.3, -0.25) is 9.59 Å². The first-order valence-corrected chi connectivity index (χ1v) is 9.38. The zero-order chi connectivity index (χ0) is 19.2. The van der Waals surface area contributed by atoms with Crippen LogP contribution in [0.5, 0.6) is 11.5 Å². The number of para-hydroxylation sites is 2. The molecule has 1 unspecified atom stereocenters. The van der Waals surface area contributed by atoms with E-state index in [0.29, 0.717) is 37.7 Å².